The normalized spacial score (nSPS) is 26.7. The quantitative estimate of drug-likeness (QED) is 0.832. The summed E-state index contributed by atoms with van der Waals surface area (Å²) in [6, 6.07) is -1.35. The molecule has 0 spiro atoms. The molecule has 0 bridgehead atoms. The molecule has 0 saturated carbocycles. The predicted molar refractivity (Wildman–Crippen MR) is 69.0 cm³/mol. The van der Waals surface area contributed by atoms with Crippen molar-refractivity contribution in [1.82, 2.24) is 19.8 Å². The molecule has 6 nitrogen and oxygen atoms in total. The first-order valence-corrected chi connectivity index (χ1v) is 7.01. The molecular weight excluding hydrogens is 309 g/mol. The second-order valence-corrected chi connectivity index (χ2v) is 5.76. The number of rotatable bonds is 2. The molecule has 1 aromatic rings. The van der Waals surface area contributed by atoms with Gasteiger partial charge in [-0.25, -0.2) is 0 Å². The van der Waals surface area contributed by atoms with Crippen LogP contribution >= 0.6 is 11.5 Å². The van der Waals surface area contributed by atoms with Crippen LogP contribution in [-0.4, -0.2) is 63.5 Å². The SMILES string of the molecule is Cc1nnsc1C(=O)N(C)C1CCNCC1(O)C(F)(F)F. The molecule has 2 N–H and O–H groups in total. The molecule has 21 heavy (non-hydrogen) atoms. The number of aliphatic hydroxyl groups is 1. The molecule has 10 heteroatoms. The Bertz CT molecular complexity index is 536. The van der Waals surface area contributed by atoms with E-state index in [4.69, 9.17) is 0 Å². The molecule has 1 aliphatic rings. The highest BCUT2D eigenvalue weighted by Gasteiger charge is 2.61. The summed E-state index contributed by atoms with van der Waals surface area (Å²) in [5, 5.41) is 16.2. The highest BCUT2D eigenvalue weighted by Crippen LogP contribution is 2.38. The number of β-amino-alcohol motifs (C(OH)–C–C–N with tert-alkyl or cyclic N) is 1. The Hall–Kier alpha value is -1.26. The minimum atomic E-state index is -4.83. The summed E-state index contributed by atoms with van der Waals surface area (Å²) in [6.07, 6.45) is -4.83. The monoisotopic (exact) mass is 324 g/mol. The molecule has 1 amide bonds. The molecule has 1 aromatic heterocycles. The van der Waals surface area contributed by atoms with Crippen molar-refractivity contribution in [3.05, 3.63) is 10.6 Å². The number of halogens is 3. The van der Waals surface area contributed by atoms with Crippen molar-refractivity contribution >= 4 is 17.4 Å². The predicted octanol–water partition coefficient (Wildman–Crippen LogP) is 0.574. The van der Waals surface area contributed by atoms with Gasteiger partial charge < -0.3 is 15.3 Å². The lowest BCUT2D eigenvalue weighted by atomic mass is 9.86. The van der Waals surface area contributed by atoms with Crippen LogP contribution in [0.5, 0.6) is 0 Å². The summed E-state index contributed by atoms with van der Waals surface area (Å²) in [7, 11) is 1.26. The minimum Gasteiger partial charge on any atom is -0.378 e. The molecule has 1 aliphatic heterocycles. The van der Waals surface area contributed by atoms with Crippen molar-refractivity contribution in [1.29, 1.82) is 0 Å². The summed E-state index contributed by atoms with van der Waals surface area (Å²) in [5.41, 5.74) is -2.61. The lowest BCUT2D eigenvalue weighted by Crippen LogP contribution is -2.68. The molecule has 0 aromatic carbocycles. The number of hydrogen-bond donors (Lipinski definition) is 2. The Morgan fingerprint density at radius 3 is 2.76 bits per heavy atom. The molecule has 1 saturated heterocycles. The number of aromatic nitrogens is 2. The van der Waals surface area contributed by atoms with E-state index in [1.807, 2.05) is 0 Å². The van der Waals surface area contributed by atoms with Crippen LogP contribution in [0.1, 0.15) is 21.8 Å². The third-order valence-electron chi connectivity index (χ3n) is 3.66. The Labute approximate surface area is 123 Å². The van der Waals surface area contributed by atoms with E-state index in [2.05, 4.69) is 14.9 Å². The van der Waals surface area contributed by atoms with Crippen molar-refractivity contribution in [2.45, 2.75) is 31.2 Å². The summed E-state index contributed by atoms with van der Waals surface area (Å²) in [5.74, 6) is -0.614. The van der Waals surface area contributed by atoms with E-state index in [0.717, 1.165) is 16.4 Å². The highest BCUT2D eigenvalue weighted by atomic mass is 32.1. The van der Waals surface area contributed by atoms with Crippen LogP contribution in [0.3, 0.4) is 0 Å². The maximum Gasteiger partial charge on any atom is 0.420 e. The Morgan fingerprint density at radius 1 is 1.57 bits per heavy atom. The van der Waals surface area contributed by atoms with E-state index < -0.39 is 30.3 Å². The zero-order valence-electron chi connectivity index (χ0n) is 11.4. The summed E-state index contributed by atoms with van der Waals surface area (Å²) in [6.45, 7) is 1.21. The fraction of sp³-hybridized carbons (Fsp3) is 0.727. The highest BCUT2D eigenvalue weighted by molar-refractivity contribution is 7.07. The van der Waals surface area contributed by atoms with Crippen molar-refractivity contribution in [3.63, 3.8) is 0 Å². The Balaban J connectivity index is 2.30. The van der Waals surface area contributed by atoms with Gasteiger partial charge in [-0.3, -0.25) is 4.79 Å². The van der Waals surface area contributed by atoms with E-state index in [0.29, 0.717) is 12.2 Å². The van der Waals surface area contributed by atoms with Gasteiger partial charge in [-0.2, -0.15) is 13.2 Å². The summed E-state index contributed by atoms with van der Waals surface area (Å²) >= 11 is 0.827. The number of nitrogens with zero attached hydrogens (tertiary/aromatic N) is 3. The minimum absolute atomic E-state index is 0.00350. The second kappa shape index (κ2) is 5.50. The third-order valence-corrected chi connectivity index (χ3v) is 4.48. The van der Waals surface area contributed by atoms with Crippen LogP contribution in [0.15, 0.2) is 0 Å². The van der Waals surface area contributed by atoms with Gasteiger partial charge in [-0.05, 0) is 31.4 Å². The number of aryl methyl sites for hydroxylation is 1. The third kappa shape index (κ3) is 2.74. The van der Waals surface area contributed by atoms with Gasteiger partial charge in [0.1, 0.15) is 4.88 Å². The first-order valence-electron chi connectivity index (χ1n) is 6.24. The van der Waals surface area contributed by atoms with Crippen molar-refractivity contribution in [3.8, 4) is 0 Å². The topological polar surface area (TPSA) is 78.4 Å². The molecule has 1 fully saturated rings. The molecule has 2 heterocycles. The molecular formula is C11H15F3N4O2S. The average Bonchev–Trinajstić information content (AvgIpc) is 2.82. The molecule has 2 unspecified atom stereocenters. The van der Waals surface area contributed by atoms with Crippen LogP contribution < -0.4 is 5.32 Å². The van der Waals surface area contributed by atoms with E-state index in [1.54, 1.807) is 6.92 Å². The van der Waals surface area contributed by atoms with Crippen LogP contribution in [-0.2, 0) is 0 Å². The maximum absolute atomic E-state index is 13.2. The van der Waals surface area contributed by atoms with Crippen LogP contribution in [0.2, 0.25) is 0 Å². The van der Waals surface area contributed by atoms with Gasteiger partial charge in [-0.1, -0.05) is 4.49 Å². The molecule has 0 aliphatic carbocycles. The van der Waals surface area contributed by atoms with E-state index in [1.165, 1.54) is 7.05 Å². The van der Waals surface area contributed by atoms with Crippen LogP contribution in [0.4, 0.5) is 13.2 Å². The van der Waals surface area contributed by atoms with Gasteiger partial charge in [-0.15, -0.1) is 5.10 Å². The molecule has 118 valence electrons. The summed E-state index contributed by atoms with van der Waals surface area (Å²) < 4.78 is 43.1. The Kier molecular flexibility index (Phi) is 4.22. The maximum atomic E-state index is 13.2. The van der Waals surface area contributed by atoms with Crippen LogP contribution in [0, 0.1) is 6.92 Å². The first kappa shape index (κ1) is 16.1. The first-order chi connectivity index (χ1) is 9.68. The number of carbonyl (C=O) groups excluding carboxylic acids is 1. The van der Waals surface area contributed by atoms with E-state index in [9.17, 15) is 23.1 Å². The lowest BCUT2D eigenvalue weighted by Gasteiger charge is -2.45. The Morgan fingerprint density at radius 2 is 2.24 bits per heavy atom. The van der Waals surface area contributed by atoms with Gasteiger partial charge in [0.15, 0.2) is 5.60 Å². The molecule has 0 radical (unpaired) electrons. The van der Waals surface area contributed by atoms with Crippen molar-refractivity contribution < 1.29 is 23.1 Å². The number of amides is 1. The van der Waals surface area contributed by atoms with Gasteiger partial charge >= 0.3 is 6.18 Å². The van der Waals surface area contributed by atoms with Gasteiger partial charge in [0.2, 0.25) is 0 Å². The second-order valence-electron chi connectivity index (χ2n) is 5.01. The largest absolute Gasteiger partial charge is 0.420 e. The van der Waals surface area contributed by atoms with Gasteiger partial charge in [0.05, 0.1) is 11.7 Å². The number of hydrogen-bond acceptors (Lipinski definition) is 6. The number of carbonyl (C=O) groups is 1. The van der Waals surface area contributed by atoms with E-state index in [-0.39, 0.29) is 11.3 Å². The van der Waals surface area contributed by atoms with Gasteiger partial charge in [0, 0.05) is 13.6 Å². The smallest absolute Gasteiger partial charge is 0.378 e. The van der Waals surface area contributed by atoms with Crippen molar-refractivity contribution in [2.75, 3.05) is 20.1 Å². The average molecular weight is 324 g/mol. The number of piperidine rings is 1. The zero-order chi connectivity index (χ0) is 15.8. The van der Waals surface area contributed by atoms with Gasteiger partial charge in [0.25, 0.3) is 5.91 Å². The fourth-order valence-corrected chi connectivity index (χ4v) is 3.05. The van der Waals surface area contributed by atoms with Crippen LogP contribution in [0.25, 0.3) is 0 Å². The zero-order valence-corrected chi connectivity index (χ0v) is 12.3. The molecule has 2 rings (SSSR count). The molecule has 2 atom stereocenters. The number of alkyl halides is 3. The standard InChI is InChI=1S/C11H15F3N4O2S/c1-6-8(21-17-16-6)9(19)18(2)7-3-4-15-5-10(7,20)11(12,13)14/h7,15,20H,3-5H2,1-2H3. The summed E-state index contributed by atoms with van der Waals surface area (Å²) in [4.78, 5) is 13.4. The fourth-order valence-electron chi connectivity index (χ4n) is 2.41. The number of nitrogens with one attached hydrogen (secondary N) is 1. The van der Waals surface area contributed by atoms with E-state index >= 15 is 0 Å². The van der Waals surface area contributed by atoms with Crippen molar-refractivity contribution in [2.24, 2.45) is 0 Å². The lowest BCUT2D eigenvalue weighted by molar-refractivity contribution is -0.279. The number of likely N-dealkylation sites (N-methyl/N-ethyl adjacent to an activating group) is 1.